The highest BCUT2D eigenvalue weighted by atomic mass is 32.2. The zero-order valence-corrected chi connectivity index (χ0v) is 22.7. The Labute approximate surface area is 226 Å². The fourth-order valence-electron chi connectivity index (χ4n) is 3.74. The quantitative estimate of drug-likeness (QED) is 0.340. The number of aliphatic carboxylic acids is 2. The van der Waals surface area contributed by atoms with Gasteiger partial charge in [0.05, 0.1) is 16.3 Å². The molecule has 3 rings (SSSR count). The van der Waals surface area contributed by atoms with Gasteiger partial charge in [0.15, 0.2) is 0 Å². The number of aryl methyl sites for hydroxylation is 1. The number of alkyl halides is 2. The molecule has 10 nitrogen and oxygen atoms in total. The fourth-order valence-corrected chi connectivity index (χ4v) is 4.85. The average molecular weight is 570 g/mol. The summed E-state index contributed by atoms with van der Waals surface area (Å²) < 4.78 is 59.6. The summed E-state index contributed by atoms with van der Waals surface area (Å²) in [5.41, 5.74) is 1.22. The number of carbonyl (C=O) groups is 2. The molecular formula is C26H33F2N3O7S. The maximum Gasteiger partial charge on any atom is 0.328 e. The minimum atomic E-state index is -3.87. The lowest BCUT2D eigenvalue weighted by Gasteiger charge is -2.17. The van der Waals surface area contributed by atoms with Crippen molar-refractivity contribution in [3.05, 3.63) is 59.8 Å². The number of carboxylic acid groups (broad SMARTS) is 2. The highest BCUT2D eigenvalue weighted by Crippen LogP contribution is 2.26. The second-order valence-corrected chi connectivity index (χ2v) is 10.6. The number of likely N-dealkylation sites (tertiary alicyclic amines) is 1. The number of carboxylic acids is 2. The maximum atomic E-state index is 12.8. The predicted octanol–water partition coefficient (Wildman–Crippen LogP) is 4.13. The van der Waals surface area contributed by atoms with Gasteiger partial charge < -0.3 is 14.9 Å². The van der Waals surface area contributed by atoms with Crippen molar-refractivity contribution in [2.75, 3.05) is 24.4 Å². The Kier molecular flexibility index (Phi) is 11.8. The Morgan fingerprint density at radius 1 is 1.15 bits per heavy atom. The fraction of sp³-hybridized carbons (Fsp3) is 0.423. The first kappa shape index (κ1) is 31.6. The second-order valence-electron chi connectivity index (χ2n) is 8.92. The van der Waals surface area contributed by atoms with Crippen LogP contribution in [0.3, 0.4) is 0 Å². The normalized spacial score (nSPS) is 16.5. The zero-order valence-electron chi connectivity index (χ0n) is 21.9. The summed E-state index contributed by atoms with van der Waals surface area (Å²) in [6, 6.07) is 8.77. The summed E-state index contributed by atoms with van der Waals surface area (Å²) in [5.74, 6) is -3.01. The van der Waals surface area contributed by atoms with Crippen molar-refractivity contribution >= 4 is 27.6 Å². The molecule has 2 aromatic rings. The molecule has 39 heavy (non-hydrogen) atoms. The zero-order chi connectivity index (χ0) is 29.2. The van der Waals surface area contributed by atoms with E-state index in [1.54, 1.807) is 19.1 Å². The van der Waals surface area contributed by atoms with E-state index in [9.17, 15) is 26.8 Å². The summed E-state index contributed by atoms with van der Waals surface area (Å²) in [7, 11) is -3.87. The molecule has 0 saturated carbocycles. The Morgan fingerprint density at radius 2 is 1.77 bits per heavy atom. The van der Waals surface area contributed by atoms with E-state index < -0.39 is 34.3 Å². The molecule has 0 aliphatic carbocycles. The molecule has 1 aliphatic rings. The SMILES string of the molecule is CCCN1CCC(Oc2ccc(NS(=O)(=O)c3ccc([C@H](C)C(F)F)cc3)c(C)n2)C1.O=C(O)/C=C/C(=O)O. The second kappa shape index (κ2) is 14.5. The van der Waals surface area contributed by atoms with Crippen LogP contribution in [0.5, 0.6) is 5.88 Å². The number of nitrogens with zero attached hydrogens (tertiary/aromatic N) is 2. The topological polar surface area (TPSA) is 146 Å². The largest absolute Gasteiger partial charge is 0.478 e. The number of sulfonamides is 1. The molecule has 3 N–H and O–H groups in total. The van der Waals surface area contributed by atoms with Gasteiger partial charge in [-0.2, -0.15) is 0 Å². The number of ether oxygens (including phenoxy) is 1. The third-order valence-electron chi connectivity index (χ3n) is 5.82. The van der Waals surface area contributed by atoms with E-state index in [2.05, 4.69) is 21.5 Å². The van der Waals surface area contributed by atoms with E-state index in [0.29, 0.717) is 35.0 Å². The third kappa shape index (κ3) is 10.2. The number of anilines is 1. The van der Waals surface area contributed by atoms with Crippen LogP contribution in [-0.4, -0.2) is 72.6 Å². The molecule has 13 heteroatoms. The van der Waals surface area contributed by atoms with Crippen molar-refractivity contribution in [2.24, 2.45) is 0 Å². The van der Waals surface area contributed by atoms with Crippen molar-refractivity contribution in [3.8, 4) is 5.88 Å². The van der Waals surface area contributed by atoms with Crippen molar-refractivity contribution in [3.63, 3.8) is 0 Å². The van der Waals surface area contributed by atoms with E-state index >= 15 is 0 Å². The van der Waals surface area contributed by atoms with Crippen LogP contribution in [-0.2, 0) is 19.6 Å². The van der Waals surface area contributed by atoms with Gasteiger partial charge in [0.25, 0.3) is 10.0 Å². The van der Waals surface area contributed by atoms with Gasteiger partial charge >= 0.3 is 11.9 Å². The molecule has 1 saturated heterocycles. The van der Waals surface area contributed by atoms with Crippen molar-refractivity contribution < 1.29 is 41.7 Å². The lowest BCUT2D eigenvalue weighted by atomic mass is 10.0. The number of hydrogen-bond acceptors (Lipinski definition) is 7. The summed E-state index contributed by atoms with van der Waals surface area (Å²) in [6.07, 6.45) is 0.733. The minimum absolute atomic E-state index is 0.000543. The van der Waals surface area contributed by atoms with Gasteiger partial charge in [-0.25, -0.2) is 31.8 Å². The van der Waals surface area contributed by atoms with Crippen LogP contribution in [0.2, 0.25) is 0 Å². The van der Waals surface area contributed by atoms with Crippen LogP contribution in [0.15, 0.2) is 53.4 Å². The number of halogens is 2. The summed E-state index contributed by atoms with van der Waals surface area (Å²) in [5, 5.41) is 15.6. The molecule has 0 spiro atoms. The van der Waals surface area contributed by atoms with Gasteiger partial charge in [0.2, 0.25) is 12.3 Å². The van der Waals surface area contributed by atoms with Crippen LogP contribution in [0.4, 0.5) is 14.5 Å². The van der Waals surface area contributed by atoms with Gasteiger partial charge in [0.1, 0.15) is 6.10 Å². The van der Waals surface area contributed by atoms with Gasteiger partial charge in [-0.3, -0.25) is 9.62 Å². The lowest BCUT2D eigenvalue weighted by molar-refractivity contribution is -0.134. The van der Waals surface area contributed by atoms with Crippen LogP contribution < -0.4 is 9.46 Å². The molecule has 0 amide bonds. The van der Waals surface area contributed by atoms with Crippen LogP contribution >= 0.6 is 0 Å². The highest BCUT2D eigenvalue weighted by Gasteiger charge is 2.24. The molecule has 214 valence electrons. The van der Waals surface area contributed by atoms with Crippen molar-refractivity contribution in [1.82, 2.24) is 9.88 Å². The predicted molar refractivity (Wildman–Crippen MR) is 141 cm³/mol. The van der Waals surface area contributed by atoms with E-state index in [-0.39, 0.29) is 11.0 Å². The number of rotatable bonds is 11. The van der Waals surface area contributed by atoms with Gasteiger partial charge in [0, 0.05) is 37.2 Å². The van der Waals surface area contributed by atoms with Gasteiger partial charge in [-0.15, -0.1) is 0 Å². The maximum absolute atomic E-state index is 12.8. The standard InChI is InChI=1S/C22H29F2N3O3S.C4H4O4/c1-4-12-27-13-11-18(14-27)30-21-10-9-20(16(3)25-21)26-31(28,29)19-7-5-17(6-8-19)15(2)22(23)24;5-3(6)1-2-4(7)8/h5-10,15,18,22,26H,4,11-14H2,1-3H3;1-2H,(H,5,6)(H,7,8)/b;2-1+/t15-,18?;/m0./s1. The molecule has 0 radical (unpaired) electrons. The highest BCUT2D eigenvalue weighted by molar-refractivity contribution is 7.92. The molecule has 1 unspecified atom stereocenters. The molecular weight excluding hydrogens is 536 g/mol. The first-order valence-electron chi connectivity index (χ1n) is 12.2. The van der Waals surface area contributed by atoms with Crippen molar-refractivity contribution in [2.45, 2.75) is 57.0 Å². The summed E-state index contributed by atoms with van der Waals surface area (Å²) in [4.78, 5) is 25.9. The van der Waals surface area contributed by atoms with E-state index in [1.807, 2.05) is 0 Å². The summed E-state index contributed by atoms with van der Waals surface area (Å²) in [6.45, 7) is 8.17. The number of nitrogens with one attached hydrogen (secondary N) is 1. The van der Waals surface area contributed by atoms with Crippen molar-refractivity contribution in [1.29, 1.82) is 0 Å². The smallest absolute Gasteiger partial charge is 0.328 e. The number of benzene rings is 1. The Balaban J connectivity index is 0.000000580. The van der Waals surface area contributed by atoms with Gasteiger partial charge in [-0.1, -0.05) is 26.0 Å². The molecule has 1 aromatic carbocycles. The monoisotopic (exact) mass is 569 g/mol. The number of aromatic nitrogens is 1. The molecule has 1 fully saturated rings. The Morgan fingerprint density at radius 3 is 2.28 bits per heavy atom. The van der Waals surface area contributed by atoms with Crippen LogP contribution in [0.25, 0.3) is 0 Å². The molecule has 2 atom stereocenters. The molecule has 1 aromatic heterocycles. The van der Waals surface area contributed by atoms with Gasteiger partial charge in [-0.05, 0) is 50.1 Å². The van der Waals surface area contributed by atoms with Crippen LogP contribution in [0, 0.1) is 6.92 Å². The van der Waals surface area contributed by atoms with E-state index in [1.165, 1.54) is 31.2 Å². The van der Waals surface area contributed by atoms with E-state index in [4.69, 9.17) is 14.9 Å². The Hall–Kier alpha value is -3.58. The molecule has 2 heterocycles. The summed E-state index contributed by atoms with van der Waals surface area (Å²) >= 11 is 0. The average Bonchev–Trinajstić information content (AvgIpc) is 3.31. The van der Waals surface area contributed by atoms with Crippen LogP contribution in [0.1, 0.15) is 43.9 Å². The van der Waals surface area contributed by atoms with E-state index in [0.717, 1.165) is 32.5 Å². The number of pyridine rings is 1. The molecule has 0 bridgehead atoms. The lowest BCUT2D eigenvalue weighted by Crippen LogP contribution is -2.25. The molecule has 1 aliphatic heterocycles. The Bertz CT molecular complexity index is 1240. The number of hydrogen-bond donors (Lipinski definition) is 3. The first-order chi connectivity index (χ1) is 18.3. The minimum Gasteiger partial charge on any atom is -0.478 e. The first-order valence-corrected chi connectivity index (χ1v) is 13.7. The third-order valence-corrected chi connectivity index (χ3v) is 7.21.